The third kappa shape index (κ3) is 5.78. The monoisotopic (exact) mass is 466 g/mol. The summed E-state index contributed by atoms with van der Waals surface area (Å²) in [7, 11) is 3.93. The Morgan fingerprint density at radius 3 is 2.41 bits per heavy atom. The van der Waals surface area contributed by atoms with Gasteiger partial charge in [0.15, 0.2) is 0 Å². The zero-order valence-electron chi connectivity index (χ0n) is 20.4. The maximum Gasteiger partial charge on any atom is 0.295 e. The van der Waals surface area contributed by atoms with Crippen LogP contribution < -0.4 is 9.47 Å². The van der Waals surface area contributed by atoms with Crippen molar-refractivity contribution in [1.29, 1.82) is 0 Å². The largest absolute Gasteiger partial charge is 0.507 e. The summed E-state index contributed by atoms with van der Waals surface area (Å²) in [6.07, 6.45) is 1.56. The number of carbonyl (C=O) groups excluding carboxylic acids is 2. The van der Waals surface area contributed by atoms with Crippen LogP contribution in [0.5, 0.6) is 11.5 Å². The number of ketones is 1. The van der Waals surface area contributed by atoms with Crippen LogP contribution in [0.4, 0.5) is 0 Å². The molecule has 1 N–H and O–H groups in total. The molecule has 1 saturated heterocycles. The average molecular weight is 467 g/mol. The van der Waals surface area contributed by atoms with Gasteiger partial charge in [-0.15, -0.1) is 0 Å². The van der Waals surface area contributed by atoms with E-state index in [1.807, 2.05) is 57.1 Å². The van der Waals surface area contributed by atoms with E-state index in [4.69, 9.17) is 9.47 Å². The molecule has 3 rings (SSSR count). The number of nitrogens with zero attached hydrogens (tertiary/aromatic N) is 2. The SMILES string of the molecule is CCCOc1cccc(/C(O)=C2/C(=O)C(=O)N(CCCN(C)C)C2c2ccc(OCC)cc2)c1. The highest BCUT2D eigenvalue weighted by Gasteiger charge is 2.45. The van der Waals surface area contributed by atoms with Gasteiger partial charge in [-0.05, 0) is 70.2 Å². The molecule has 182 valence electrons. The molecule has 1 fully saturated rings. The normalized spacial score (nSPS) is 17.4. The molecule has 0 bridgehead atoms. The fourth-order valence-electron chi connectivity index (χ4n) is 4.04. The number of hydrogen-bond donors (Lipinski definition) is 1. The van der Waals surface area contributed by atoms with Crippen LogP contribution in [0.15, 0.2) is 54.1 Å². The summed E-state index contributed by atoms with van der Waals surface area (Å²) in [4.78, 5) is 29.8. The molecule has 34 heavy (non-hydrogen) atoms. The number of aliphatic hydroxyl groups is 1. The number of ether oxygens (including phenoxy) is 2. The molecular weight excluding hydrogens is 432 g/mol. The van der Waals surface area contributed by atoms with Crippen molar-refractivity contribution in [3.05, 3.63) is 65.2 Å². The van der Waals surface area contributed by atoms with Gasteiger partial charge in [0.2, 0.25) is 0 Å². The lowest BCUT2D eigenvalue weighted by Crippen LogP contribution is -2.32. The van der Waals surface area contributed by atoms with Gasteiger partial charge in [-0.3, -0.25) is 9.59 Å². The minimum Gasteiger partial charge on any atom is -0.507 e. The summed E-state index contributed by atoms with van der Waals surface area (Å²) in [6, 6.07) is 13.6. The van der Waals surface area contributed by atoms with Crippen LogP contribution in [0.1, 0.15) is 43.9 Å². The number of carbonyl (C=O) groups is 2. The van der Waals surface area contributed by atoms with Crippen molar-refractivity contribution in [2.75, 3.05) is 40.4 Å². The number of benzene rings is 2. The van der Waals surface area contributed by atoms with Gasteiger partial charge in [-0.2, -0.15) is 0 Å². The first kappa shape index (κ1) is 25.3. The second kappa shape index (κ2) is 11.7. The Hall–Kier alpha value is -3.32. The van der Waals surface area contributed by atoms with Gasteiger partial charge < -0.3 is 24.4 Å². The van der Waals surface area contributed by atoms with E-state index in [9.17, 15) is 14.7 Å². The summed E-state index contributed by atoms with van der Waals surface area (Å²) in [5.74, 6) is -0.173. The highest BCUT2D eigenvalue weighted by Crippen LogP contribution is 2.40. The van der Waals surface area contributed by atoms with E-state index in [-0.39, 0.29) is 11.3 Å². The summed E-state index contributed by atoms with van der Waals surface area (Å²) in [5, 5.41) is 11.3. The summed E-state index contributed by atoms with van der Waals surface area (Å²) in [5.41, 5.74) is 1.27. The van der Waals surface area contributed by atoms with Gasteiger partial charge in [0.1, 0.15) is 17.3 Å². The molecule has 1 unspecified atom stereocenters. The smallest absolute Gasteiger partial charge is 0.295 e. The number of likely N-dealkylation sites (tertiary alicyclic amines) is 1. The first-order chi connectivity index (χ1) is 16.4. The Balaban J connectivity index is 2.05. The van der Waals surface area contributed by atoms with E-state index in [2.05, 4.69) is 0 Å². The lowest BCUT2D eigenvalue weighted by molar-refractivity contribution is -0.139. The summed E-state index contributed by atoms with van der Waals surface area (Å²) in [6.45, 7) is 6.18. The number of rotatable bonds is 11. The van der Waals surface area contributed by atoms with E-state index in [0.29, 0.717) is 43.2 Å². The molecule has 2 aromatic carbocycles. The molecule has 7 nitrogen and oxygen atoms in total. The van der Waals surface area contributed by atoms with Crippen molar-refractivity contribution >= 4 is 17.4 Å². The molecule has 2 aromatic rings. The average Bonchev–Trinajstić information content (AvgIpc) is 3.08. The second-order valence-electron chi connectivity index (χ2n) is 8.53. The first-order valence-electron chi connectivity index (χ1n) is 11.8. The van der Waals surface area contributed by atoms with E-state index in [1.165, 1.54) is 0 Å². The topological polar surface area (TPSA) is 79.3 Å². The molecule has 0 spiro atoms. The van der Waals surface area contributed by atoms with Gasteiger partial charge >= 0.3 is 0 Å². The molecule has 0 aromatic heterocycles. The van der Waals surface area contributed by atoms with E-state index >= 15 is 0 Å². The van der Waals surface area contributed by atoms with Crippen molar-refractivity contribution in [3.8, 4) is 11.5 Å². The number of Topliss-reactive ketones (excluding diaryl/α,β-unsaturated/α-hetero) is 1. The Morgan fingerprint density at radius 2 is 1.76 bits per heavy atom. The maximum absolute atomic E-state index is 13.2. The Labute approximate surface area is 201 Å². The number of aliphatic hydroxyl groups excluding tert-OH is 1. The minimum absolute atomic E-state index is 0.0895. The van der Waals surface area contributed by atoms with Crippen LogP contribution in [-0.4, -0.2) is 67.0 Å². The predicted octanol–water partition coefficient (Wildman–Crippen LogP) is 4.25. The highest BCUT2D eigenvalue weighted by atomic mass is 16.5. The van der Waals surface area contributed by atoms with Crippen LogP contribution in [0.2, 0.25) is 0 Å². The Bertz CT molecular complexity index is 1030. The molecule has 1 aliphatic heterocycles. The zero-order valence-corrected chi connectivity index (χ0v) is 20.4. The molecule has 0 radical (unpaired) electrons. The van der Waals surface area contributed by atoms with E-state index < -0.39 is 17.7 Å². The van der Waals surface area contributed by atoms with Crippen LogP contribution >= 0.6 is 0 Å². The quantitative estimate of drug-likeness (QED) is 0.303. The standard InChI is InChI=1S/C27H34N2O5/c1-5-17-34-22-10-7-9-20(18-22)25(30)23-24(19-11-13-21(14-12-19)33-6-2)29(27(32)26(23)31)16-8-15-28(3)4/h7,9-14,18,24,30H,5-6,8,15-17H2,1-4H3/b25-23-. The predicted molar refractivity (Wildman–Crippen MR) is 132 cm³/mol. The molecule has 1 aliphatic rings. The van der Waals surface area contributed by atoms with Crippen molar-refractivity contribution in [3.63, 3.8) is 0 Å². The fraction of sp³-hybridized carbons (Fsp3) is 0.407. The highest BCUT2D eigenvalue weighted by molar-refractivity contribution is 6.46. The van der Waals surface area contributed by atoms with Crippen LogP contribution in [0, 0.1) is 0 Å². The van der Waals surface area contributed by atoms with Crippen molar-refractivity contribution in [1.82, 2.24) is 9.80 Å². The summed E-state index contributed by atoms with van der Waals surface area (Å²) < 4.78 is 11.2. The van der Waals surface area contributed by atoms with Crippen molar-refractivity contribution in [2.45, 2.75) is 32.7 Å². The Morgan fingerprint density at radius 1 is 1.03 bits per heavy atom. The maximum atomic E-state index is 13.2. The zero-order chi connectivity index (χ0) is 24.7. The molecule has 1 heterocycles. The second-order valence-corrected chi connectivity index (χ2v) is 8.53. The number of hydrogen-bond acceptors (Lipinski definition) is 6. The molecule has 1 atom stereocenters. The molecular formula is C27H34N2O5. The number of amides is 1. The lowest BCUT2D eigenvalue weighted by atomic mass is 9.95. The van der Waals surface area contributed by atoms with Crippen molar-refractivity contribution in [2.24, 2.45) is 0 Å². The van der Waals surface area contributed by atoms with Crippen molar-refractivity contribution < 1.29 is 24.2 Å². The molecule has 7 heteroatoms. The van der Waals surface area contributed by atoms with Gasteiger partial charge in [0, 0.05) is 12.1 Å². The van der Waals surface area contributed by atoms with E-state index in [0.717, 1.165) is 18.5 Å². The van der Waals surface area contributed by atoms with Gasteiger partial charge in [-0.25, -0.2) is 0 Å². The minimum atomic E-state index is -0.682. The third-order valence-electron chi connectivity index (χ3n) is 5.63. The fourth-order valence-corrected chi connectivity index (χ4v) is 4.04. The lowest BCUT2D eigenvalue weighted by Gasteiger charge is -2.26. The third-order valence-corrected chi connectivity index (χ3v) is 5.63. The van der Waals surface area contributed by atoms with Crippen LogP contribution in [0.3, 0.4) is 0 Å². The van der Waals surface area contributed by atoms with E-state index in [1.54, 1.807) is 29.2 Å². The van der Waals surface area contributed by atoms with Gasteiger partial charge in [0.25, 0.3) is 11.7 Å². The summed E-state index contributed by atoms with van der Waals surface area (Å²) >= 11 is 0. The van der Waals surface area contributed by atoms with Crippen LogP contribution in [0.25, 0.3) is 5.76 Å². The Kier molecular flexibility index (Phi) is 8.71. The molecule has 1 amide bonds. The molecule has 0 aliphatic carbocycles. The first-order valence-corrected chi connectivity index (χ1v) is 11.8. The van der Waals surface area contributed by atoms with Gasteiger partial charge in [0.05, 0.1) is 24.8 Å². The molecule has 0 saturated carbocycles. The van der Waals surface area contributed by atoms with Gasteiger partial charge in [-0.1, -0.05) is 31.2 Å². The van der Waals surface area contributed by atoms with Crippen LogP contribution in [-0.2, 0) is 9.59 Å².